The van der Waals surface area contributed by atoms with E-state index in [1.165, 1.54) is 4.57 Å². The molecule has 3 aromatic heterocycles. The molecule has 0 amide bonds. The zero-order valence-electron chi connectivity index (χ0n) is 31.9. The van der Waals surface area contributed by atoms with Gasteiger partial charge in [0.1, 0.15) is 11.2 Å². The smallest absolute Gasteiger partial charge is 0.238 e. The third-order valence-electron chi connectivity index (χ3n) is 7.68. The lowest BCUT2D eigenvalue weighted by molar-refractivity contribution is 0.669. The number of rotatable bonds is 4. The molecule has 206 valence electrons. The normalized spacial score (nSPS) is 14.5. The van der Waals surface area contributed by atoms with Crippen molar-refractivity contribution in [3.8, 4) is 39.9 Å². The van der Waals surface area contributed by atoms with Crippen molar-refractivity contribution in [1.29, 1.82) is 0 Å². The van der Waals surface area contributed by atoms with Gasteiger partial charge in [-0.15, -0.1) is 0 Å². The molecule has 6 aromatic carbocycles. The Hall–Kier alpha value is -6.07. The molecule has 0 atom stereocenters. The van der Waals surface area contributed by atoms with Crippen molar-refractivity contribution < 1.29 is 16.8 Å². The molecule has 0 bridgehead atoms. The Morgan fingerprint density at radius 3 is 2.09 bits per heavy atom. The Labute approximate surface area is 265 Å². The van der Waals surface area contributed by atoms with Gasteiger partial charge in [-0.05, 0) is 47.5 Å². The molecule has 0 radical (unpaired) electrons. The van der Waals surface area contributed by atoms with Crippen molar-refractivity contribution in [2.45, 2.75) is 0 Å². The topological polar surface area (TPSA) is 56.7 Å². The SMILES string of the molecule is [2H]c1c([2H])c([2H])c(-c2ccc3c4c([2H])c([2H])c([2H])c([2H])c4n(-c4nc(-c5ccccc5)nc(-c5ccc6oc7ccccc7c6c5)n4)c3c2)c([2H])c1[2H]. The maximum Gasteiger partial charge on any atom is 0.238 e. The minimum Gasteiger partial charge on any atom is -0.456 e. The van der Waals surface area contributed by atoms with Crippen LogP contribution in [0.3, 0.4) is 0 Å². The zero-order valence-corrected chi connectivity index (χ0v) is 22.9. The summed E-state index contributed by atoms with van der Waals surface area (Å²) < 4.78 is 84.6. The van der Waals surface area contributed by atoms with Gasteiger partial charge in [0.05, 0.1) is 23.4 Å². The molecule has 5 nitrogen and oxygen atoms in total. The van der Waals surface area contributed by atoms with Crippen LogP contribution in [0.4, 0.5) is 0 Å². The maximum absolute atomic E-state index is 9.08. The van der Waals surface area contributed by atoms with E-state index in [4.69, 9.17) is 31.7 Å². The number of benzene rings is 6. The number of hydrogen-bond donors (Lipinski definition) is 0. The summed E-state index contributed by atoms with van der Waals surface area (Å²) in [5.41, 5.74) is 3.43. The molecule has 0 aliphatic carbocycles. The second-order valence-electron chi connectivity index (χ2n) is 10.2. The van der Waals surface area contributed by atoms with E-state index in [1.807, 2.05) is 72.8 Å². The molecular formula is C39H24N4O. The molecule has 9 aromatic rings. The van der Waals surface area contributed by atoms with Gasteiger partial charge in [-0.1, -0.05) is 109 Å². The summed E-state index contributed by atoms with van der Waals surface area (Å²) in [6, 6.07) is 23.7. The highest BCUT2D eigenvalue weighted by Crippen LogP contribution is 2.36. The van der Waals surface area contributed by atoms with Crippen LogP contribution < -0.4 is 0 Å². The van der Waals surface area contributed by atoms with Crippen molar-refractivity contribution in [1.82, 2.24) is 19.5 Å². The number of hydrogen-bond acceptors (Lipinski definition) is 4. The Bertz CT molecular complexity index is 2990. The summed E-state index contributed by atoms with van der Waals surface area (Å²) in [6.07, 6.45) is 0. The summed E-state index contributed by atoms with van der Waals surface area (Å²) in [7, 11) is 0. The van der Waals surface area contributed by atoms with E-state index >= 15 is 0 Å². The lowest BCUT2D eigenvalue weighted by Gasteiger charge is -2.11. The maximum atomic E-state index is 9.08. The first-order valence-corrected chi connectivity index (χ1v) is 13.9. The van der Waals surface area contributed by atoms with E-state index in [0.717, 1.165) is 16.4 Å². The van der Waals surface area contributed by atoms with Crippen LogP contribution in [0, 0.1) is 0 Å². The Morgan fingerprint density at radius 1 is 0.477 bits per heavy atom. The fraction of sp³-hybridized carbons (Fsp3) is 0. The Morgan fingerprint density at radius 2 is 1.20 bits per heavy atom. The van der Waals surface area contributed by atoms with Crippen LogP contribution in [-0.4, -0.2) is 19.5 Å². The average Bonchev–Trinajstić information content (AvgIpc) is 3.73. The number of para-hydroxylation sites is 2. The molecule has 44 heavy (non-hydrogen) atoms. The molecule has 0 fully saturated rings. The van der Waals surface area contributed by atoms with Crippen LogP contribution in [0.15, 0.2) is 150 Å². The summed E-state index contributed by atoms with van der Waals surface area (Å²) in [5.74, 6) is 0.647. The molecule has 3 heterocycles. The van der Waals surface area contributed by atoms with Crippen LogP contribution in [0.25, 0.3) is 83.6 Å². The highest BCUT2D eigenvalue weighted by Gasteiger charge is 2.19. The summed E-state index contributed by atoms with van der Waals surface area (Å²) in [4.78, 5) is 14.7. The molecule has 0 spiro atoms. The lowest BCUT2D eigenvalue weighted by atomic mass is 10.0. The van der Waals surface area contributed by atoms with Crippen LogP contribution in [-0.2, 0) is 0 Å². The molecule has 5 heteroatoms. The van der Waals surface area contributed by atoms with Crippen molar-refractivity contribution in [2.24, 2.45) is 0 Å². The first-order valence-electron chi connectivity index (χ1n) is 18.4. The zero-order chi connectivity index (χ0) is 36.9. The van der Waals surface area contributed by atoms with Crippen LogP contribution in [0.5, 0.6) is 0 Å². The number of fused-ring (bicyclic) bond motifs is 6. The van der Waals surface area contributed by atoms with Crippen molar-refractivity contribution >= 4 is 43.7 Å². The molecule has 0 aliphatic rings. The van der Waals surface area contributed by atoms with Crippen LogP contribution in [0.2, 0.25) is 0 Å². The van der Waals surface area contributed by atoms with Gasteiger partial charge in [-0.2, -0.15) is 9.97 Å². The van der Waals surface area contributed by atoms with E-state index < -0.39 is 42.3 Å². The molecule has 0 N–H and O–H groups in total. The highest BCUT2D eigenvalue weighted by molar-refractivity contribution is 6.10. The van der Waals surface area contributed by atoms with E-state index in [9.17, 15) is 0 Å². The van der Waals surface area contributed by atoms with Crippen molar-refractivity contribution in [2.75, 3.05) is 0 Å². The standard InChI is InChI=1S/C39H24N4O/c1-3-11-25(12-4-1)27-19-21-30-29-15-7-9-17-33(29)43(34(30)24-27)39-41-37(26-13-5-2-6-14-26)40-38(42-39)28-20-22-36-32(23-28)31-16-8-10-18-35(31)44-36/h1-24H/i1D,3D,4D,7D,9D,11D,12D,15D,17D. The number of furan rings is 1. The minimum absolute atomic E-state index is 0.0313. The highest BCUT2D eigenvalue weighted by atomic mass is 16.3. The average molecular weight is 574 g/mol. The quantitative estimate of drug-likeness (QED) is 0.210. The predicted octanol–water partition coefficient (Wildman–Crippen LogP) is 9.87. The van der Waals surface area contributed by atoms with Crippen LogP contribution >= 0.6 is 0 Å². The van der Waals surface area contributed by atoms with Crippen LogP contribution in [0.1, 0.15) is 12.3 Å². The van der Waals surface area contributed by atoms with E-state index in [2.05, 4.69) is 0 Å². The van der Waals surface area contributed by atoms with Gasteiger partial charge in [-0.25, -0.2) is 4.98 Å². The minimum atomic E-state index is -0.518. The van der Waals surface area contributed by atoms with Gasteiger partial charge >= 0.3 is 0 Å². The third kappa shape index (κ3) is 3.91. The first-order chi connectivity index (χ1) is 25.5. The second kappa shape index (κ2) is 9.75. The second-order valence-corrected chi connectivity index (χ2v) is 10.2. The molecule has 0 aliphatic heterocycles. The van der Waals surface area contributed by atoms with Gasteiger partial charge in [0.25, 0.3) is 0 Å². The van der Waals surface area contributed by atoms with Gasteiger partial charge in [0.2, 0.25) is 5.95 Å². The summed E-state index contributed by atoms with van der Waals surface area (Å²) in [5, 5.41) is 2.42. The van der Waals surface area contributed by atoms with E-state index in [-0.39, 0.29) is 40.1 Å². The van der Waals surface area contributed by atoms with Crippen molar-refractivity contribution in [3.63, 3.8) is 0 Å². The largest absolute Gasteiger partial charge is 0.456 e. The van der Waals surface area contributed by atoms with Crippen molar-refractivity contribution in [3.05, 3.63) is 145 Å². The summed E-state index contributed by atoms with van der Waals surface area (Å²) in [6.45, 7) is 0. The predicted molar refractivity (Wildman–Crippen MR) is 178 cm³/mol. The Kier molecular flexibility index (Phi) is 3.80. The first kappa shape index (κ1) is 17.1. The molecule has 0 saturated heterocycles. The molecule has 9 rings (SSSR count). The van der Waals surface area contributed by atoms with E-state index in [0.29, 0.717) is 39.3 Å². The van der Waals surface area contributed by atoms with Gasteiger partial charge in [0.15, 0.2) is 11.6 Å². The summed E-state index contributed by atoms with van der Waals surface area (Å²) >= 11 is 0. The van der Waals surface area contributed by atoms with Gasteiger partial charge in [-0.3, -0.25) is 4.57 Å². The molecule has 0 unspecified atom stereocenters. The fourth-order valence-corrected chi connectivity index (χ4v) is 5.65. The lowest BCUT2D eigenvalue weighted by Crippen LogP contribution is -2.06. The molecular weight excluding hydrogens is 540 g/mol. The van der Waals surface area contributed by atoms with Gasteiger partial charge < -0.3 is 4.42 Å². The fourth-order valence-electron chi connectivity index (χ4n) is 5.65. The Balaban J connectivity index is 1.39. The number of aromatic nitrogens is 4. The monoisotopic (exact) mass is 573 g/mol. The van der Waals surface area contributed by atoms with E-state index in [1.54, 1.807) is 18.2 Å². The third-order valence-corrected chi connectivity index (χ3v) is 7.68. The van der Waals surface area contributed by atoms with Gasteiger partial charge in [0, 0.05) is 32.7 Å². The number of nitrogens with zero attached hydrogens (tertiary/aromatic N) is 4. The molecule has 0 saturated carbocycles.